The molecule has 0 saturated heterocycles. The number of nitrogens with zero attached hydrogens (tertiary/aromatic N) is 3. The first-order valence-electron chi connectivity index (χ1n) is 9.67. The van der Waals surface area contributed by atoms with Gasteiger partial charge in [0.05, 0.1) is 12.8 Å². The molecule has 5 heteroatoms. The summed E-state index contributed by atoms with van der Waals surface area (Å²) in [6.07, 6.45) is 7.39. The van der Waals surface area contributed by atoms with E-state index in [1.807, 2.05) is 50.2 Å². The highest BCUT2D eigenvalue weighted by molar-refractivity contribution is 6.10. The summed E-state index contributed by atoms with van der Waals surface area (Å²) in [6.45, 7) is 6.33. The highest BCUT2D eigenvalue weighted by Crippen LogP contribution is 2.46. The van der Waals surface area contributed by atoms with E-state index in [0.29, 0.717) is 17.0 Å². The lowest BCUT2D eigenvalue weighted by atomic mass is 9.83. The minimum absolute atomic E-state index is 0.137. The summed E-state index contributed by atoms with van der Waals surface area (Å²) < 4.78 is 5.31. The zero-order chi connectivity index (χ0) is 21.3. The van der Waals surface area contributed by atoms with Crippen molar-refractivity contribution in [2.24, 2.45) is 4.99 Å². The van der Waals surface area contributed by atoms with Gasteiger partial charge in [0.15, 0.2) is 5.76 Å². The molecule has 29 heavy (non-hydrogen) atoms. The lowest BCUT2D eigenvalue weighted by Crippen LogP contribution is -2.22. The van der Waals surface area contributed by atoms with Crippen molar-refractivity contribution in [3.05, 3.63) is 76.9 Å². The van der Waals surface area contributed by atoms with E-state index in [2.05, 4.69) is 49.0 Å². The molecule has 0 spiro atoms. The Morgan fingerprint density at radius 3 is 2.48 bits per heavy atom. The molecule has 0 unspecified atom stereocenters. The van der Waals surface area contributed by atoms with Gasteiger partial charge >= 0.3 is 0 Å². The van der Waals surface area contributed by atoms with Crippen LogP contribution >= 0.6 is 0 Å². The zero-order valence-corrected chi connectivity index (χ0v) is 18.3. The first-order valence-corrected chi connectivity index (χ1v) is 9.67. The molecule has 1 aromatic rings. The number of hydrogen-bond acceptors (Lipinski definition) is 4. The Labute approximate surface area is 173 Å². The number of rotatable bonds is 3. The maximum atomic E-state index is 12.8. The molecular weight excluding hydrogens is 362 g/mol. The largest absolute Gasteiger partial charge is 0.493 e. The van der Waals surface area contributed by atoms with Crippen molar-refractivity contribution in [1.29, 1.82) is 0 Å². The maximum absolute atomic E-state index is 12.8. The van der Waals surface area contributed by atoms with E-state index in [-0.39, 0.29) is 11.2 Å². The molecule has 0 N–H and O–H groups in total. The van der Waals surface area contributed by atoms with Crippen LogP contribution in [0, 0.1) is 0 Å². The SMILES string of the molecule is COC1=CC(N=C(C)N(C)C)=C/C(=C\C=C2\N(C)c3ccccc3C2(C)C)C1=O. The predicted octanol–water partition coefficient (Wildman–Crippen LogP) is 4.20. The summed E-state index contributed by atoms with van der Waals surface area (Å²) in [6, 6.07) is 8.40. The van der Waals surface area contributed by atoms with E-state index in [1.165, 1.54) is 18.4 Å². The number of aliphatic imine (C=N–C) groups is 1. The fraction of sp³-hybridized carbons (Fsp3) is 0.333. The molecule has 1 aliphatic heterocycles. The number of allylic oxidation sites excluding steroid dienone is 6. The van der Waals surface area contributed by atoms with Crippen molar-refractivity contribution < 1.29 is 9.53 Å². The molecule has 0 saturated carbocycles. The maximum Gasteiger partial charge on any atom is 0.227 e. The number of ketones is 1. The number of carbonyl (C=O) groups excluding carboxylic acids is 1. The molecule has 0 fully saturated rings. The molecule has 2 aliphatic rings. The van der Waals surface area contributed by atoms with E-state index in [1.54, 1.807) is 6.08 Å². The van der Waals surface area contributed by atoms with Crippen LogP contribution < -0.4 is 4.90 Å². The molecule has 3 rings (SSSR count). The Morgan fingerprint density at radius 2 is 1.86 bits per heavy atom. The Morgan fingerprint density at radius 1 is 1.17 bits per heavy atom. The molecule has 0 radical (unpaired) electrons. The number of benzene rings is 1. The average Bonchev–Trinajstić information content (AvgIpc) is 2.88. The molecule has 0 amide bonds. The third-order valence-corrected chi connectivity index (χ3v) is 5.59. The lowest BCUT2D eigenvalue weighted by Gasteiger charge is -2.24. The van der Waals surface area contributed by atoms with Crippen LogP contribution in [0.25, 0.3) is 0 Å². The van der Waals surface area contributed by atoms with Crippen LogP contribution in [-0.4, -0.2) is 44.8 Å². The van der Waals surface area contributed by atoms with Gasteiger partial charge in [-0.05, 0) is 36.8 Å². The van der Waals surface area contributed by atoms with Gasteiger partial charge in [0, 0.05) is 49.6 Å². The van der Waals surface area contributed by atoms with Gasteiger partial charge in [0.25, 0.3) is 0 Å². The number of ether oxygens (including phenoxy) is 1. The Balaban J connectivity index is 2.03. The topological polar surface area (TPSA) is 45.1 Å². The smallest absolute Gasteiger partial charge is 0.227 e. The molecule has 0 bridgehead atoms. The van der Waals surface area contributed by atoms with E-state index in [4.69, 9.17) is 4.74 Å². The number of hydrogen-bond donors (Lipinski definition) is 0. The van der Waals surface area contributed by atoms with Crippen LogP contribution in [-0.2, 0) is 14.9 Å². The van der Waals surface area contributed by atoms with E-state index >= 15 is 0 Å². The van der Waals surface area contributed by atoms with Gasteiger partial charge in [-0.15, -0.1) is 0 Å². The highest BCUT2D eigenvalue weighted by atomic mass is 16.5. The number of carbonyl (C=O) groups is 1. The van der Waals surface area contributed by atoms with Crippen molar-refractivity contribution in [3.8, 4) is 0 Å². The number of para-hydroxylation sites is 1. The number of anilines is 1. The van der Waals surface area contributed by atoms with Crippen molar-refractivity contribution in [1.82, 2.24) is 4.90 Å². The molecule has 5 nitrogen and oxygen atoms in total. The van der Waals surface area contributed by atoms with Crippen LogP contribution in [0.2, 0.25) is 0 Å². The summed E-state index contributed by atoms with van der Waals surface area (Å²) in [7, 11) is 7.44. The van der Waals surface area contributed by atoms with Crippen LogP contribution in [0.15, 0.2) is 76.3 Å². The molecule has 1 aromatic carbocycles. The first kappa shape index (κ1) is 20.6. The van der Waals surface area contributed by atoms with Gasteiger partial charge in [-0.25, -0.2) is 4.99 Å². The van der Waals surface area contributed by atoms with Gasteiger partial charge in [-0.3, -0.25) is 4.79 Å². The monoisotopic (exact) mass is 391 g/mol. The summed E-state index contributed by atoms with van der Waals surface area (Å²) in [5, 5.41) is 0. The van der Waals surface area contributed by atoms with Crippen LogP contribution in [0.1, 0.15) is 26.3 Å². The molecule has 1 aliphatic carbocycles. The van der Waals surface area contributed by atoms with Crippen molar-refractivity contribution in [2.45, 2.75) is 26.2 Å². The van der Waals surface area contributed by atoms with E-state index in [9.17, 15) is 4.79 Å². The third-order valence-electron chi connectivity index (χ3n) is 5.59. The summed E-state index contributed by atoms with van der Waals surface area (Å²) in [5.74, 6) is 1.01. The number of methoxy groups -OCH3 is 1. The summed E-state index contributed by atoms with van der Waals surface area (Å²) in [4.78, 5) is 21.5. The van der Waals surface area contributed by atoms with Gasteiger partial charge < -0.3 is 14.5 Å². The summed E-state index contributed by atoms with van der Waals surface area (Å²) >= 11 is 0. The molecule has 0 aromatic heterocycles. The van der Waals surface area contributed by atoms with Crippen LogP contribution in [0.5, 0.6) is 0 Å². The fourth-order valence-electron chi connectivity index (χ4n) is 3.71. The molecular formula is C24H29N3O2. The number of Topliss-reactive ketones (excluding diaryl/α,β-unsaturated/α-hetero) is 1. The van der Waals surface area contributed by atoms with Gasteiger partial charge in [-0.1, -0.05) is 32.0 Å². The first-order chi connectivity index (χ1) is 13.7. The normalized spacial score (nSPS) is 21.3. The Kier molecular flexibility index (Phi) is 5.51. The van der Waals surface area contributed by atoms with Crippen molar-refractivity contribution in [2.75, 3.05) is 33.2 Å². The van der Waals surface area contributed by atoms with Gasteiger partial charge in [0.1, 0.15) is 5.84 Å². The second kappa shape index (κ2) is 7.74. The predicted molar refractivity (Wildman–Crippen MR) is 119 cm³/mol. The third kappa shape index (κ3) is 3.77. The van der Waals surface area contributed by atoms with Crippen molar-refractivity contribution in [3.63, 3.8) is 0 Å². The lowest BCUT2D eigenvalue weighted by molar-refractivity contribution is -0.114. The second-order valence-electron chi connectivity index (χ2n) is 8.04. The summed E-state index contributed by atoms with van der Waals surface area (Å²) in [5.41, 5.74) is 4.71. The van der Waals surface area contributed by atoms with E-state index < -0.39 is 0 Å². The molecule has 0 atom stereocenters. The standard InChI is InChI=1S/C24H29N3O2/c1-16(26(4)5)25-18-14-17(23(28)21(15-18)29-7)12-13-22-24(2,3)19-10-8-9-11-20(19)27(22)6/h8-15H,1-7H3/b17-12+,22-13+,25-16?. The zero-order valence-electron chi connectivity index (χ0n) is 18.3. The number of amidine groups is 1. The minimum atomic E-state index is -0.147. The minimum Gasteiger partial charge on any atom is -0.493 e. The highest BCUT2D eigenvalue weighted by Gasteiger charge is 2.37. The number of likely N-dealkylation sites (N-methyl/N-ethyl adjacent to an activating group) is 1. The van der Waals surface area contributed by atoms with Crippen LogP contribution in [0.3, 0.4) is 0 Å². The fourth-order valence-corrected chi connectivity index (χ4v) is 3.71. The second-order valence-corrected chi connectivity index (χ2v) is 8.04. The average molecular weight is 392 g/mol. The Bertz CT molecular complexity index is 991. The van der Waals surface area contributed by atoms with Crippen LogP contribution in [0.4, 0.5) is 5.69 Å². The van der Waals surface area contributed by atoms with E-state index in [0.717, 1.165) is 11.5 Å². The van der Waals surface area contributed by atoms with Gasteiger partial charge in [-0.2, -0.15) is 0 Å². The quantitative estimate of drug-likeness (QED) is 0.440. The van der Waals surface area contributed by atoms with Crippen molar-refractivity contribution >= 4 is 17.3 Å². The molecule has 1 heterocycles. The Hall–Kier alpha value is -3.08. The van der Waals surface area contributed by atoms with Gasteiger partial charge in [0.2, 0.25) is 5.78 Å². The molecule has 152 valence electrons. The number of fused-ring (bicyclic) bond motifs is 1.